The van der Waals surface area contributed by atoms with Crippen molar-refractivity contribution in [3.05, 3.63) is 125 Å². The zero-order valence-corrected chi connectivity index (χ0v) is 19.2. The van der Waals surface area contributed by atoms with Crippen molar-refractivity contribution in [2.45, 2.75) is 6.92 Å². The van der Waals surface area contributed by atoms with Crippen LogP contribution in [-0.4, -0.2) is 17.5 Å². The van der Waals surface area contributed by atoms with Gasteiger partial charge in [-0.1, -0.05) is 66.2 Å². The van der Waals surface area contributed by atoms with Gasteiger partial charge >= 0.3 is 0 Å². The predicted molar refractivity (Wildman–Crippen MR) is 137 cm³/mol. The summed E-state index contributed by atoms with van der Waals surface area (Å²) in [6.07, 6.45) is 0. The SMILES string of the molecule is C/C(=N/NC(=O)c1ccc(-c2ccccc2)cc1)c1ccc(NC(=O)c2ccc(Cl)cc2)cc1. The molecule has 0 aliphatic carbocycles. The van der Waals surface area contributed by atoms with Gasteiger partial charge in [-0.3, -0.25) is 9.59 Å². The Morgan fingerprint density at radius 3 is 1.82 bits per heavy atom. The highest BCUT2D eigenvalue weighted by Crippen LogP contribution is 2.19. The minimum absolute atomic E-state index is 0.222. The number of nitrogens with one attached hydrogen (secondary N) is 2. The van der Waals surface area contributed by atoms with Crippen LogP contribution in [-0.2, 0) is 0 Å². The Hall–Kier alpha value is -4.22. The summed E-state index contributed by atoms with van der Waals surface area (Å²) >= 11 is 5.86. The summed E-state index contributed by atoms with van der Waals surface area (Å²) in [7, 11) is 0. The van der Waals surface area contributed by atoms with E-state index in [1.165, 1.54) is 0 Å². The second-order valence-corrected chi connectivity index (χ2v) is 8.06. The highest BCUT2D eigenvalue weighted by atomic mass is 35.5. The summed E-state index contributed by atoms with van der Waals surface area (Å²) in [4.78, 5) is 24.8. The van der Waals surface area contributed by atoms with Crippen LogP contribution >= 0.6 is 11.6 Å². The average molecular weight is 468 g/mol. The van der Waals surface area contributed by atoms with E-state index in [2.05, 4.69) is 15.8 Å². The number of hydrogen-bond acceptors (Lipinski definition) is 3. The first-order valence-electron chi connectivity index (χ1n) is 10.7. The molecule has 0 saturated carbocycles. The molecule has 4 aromatic carbocycles. The maximum Gasteiger partial charge on any atom is 0.271 e. The van der Waals surface area contributed by atoms with Crippen molar-refractivity contribution in [3.63, 3.8) is 0 Å². The van der Waals surface area contributed by atoms with Crippen molar-refractivity contribution in [1.82, 2.24) is 5.43 Å². The monoisotopic (exact) mass is 467 g/mol. The van der Waals surface area contributed by atoms with Gasteiger partial charge < -0.3 is 5.32 Å². The van der Waals surface area contributed by atoms with E-state index in [1.807, 2.05) is 54.6 Å². The molecule has 0 aromatic heterocycles. The number of hydrogen-bond donors (Lipinski definition) is 2. The van der Waals surface area contributed by atoms with Crippen LogP contribution in [0.2, 0.25) is 5.02 Å². The summed E-state index contributed by atoms with van der Waals surface area (Å²) in [6.45, 7) is 1.81. The fourth-order valence-corrected chi connectivity index (χ4v) is 3.43. The zero-order chi connectivity index (χ0) is 23.9. The lowest BCUT2D eigenvalue weighted by molar-refractivity contribution is 0.0954. The number of anilines is 1. The van der Waals surface area contributed by atoms with Crippen LogP contribution in [0.25, 0.3) is 11.1 Å². The van der Waals surface area contributed by atoms with E-state index in [0.717, 1.165) is 16.7 Å². The van der Waals surface area contributed by atoms with Crippen molar-refractivity contribution in [2.24, 2.45) is 5.10 Å². The van der Waals surface area contributed by atoms with Crippen molar-refractivity contribution in [2.75, 3.05) is 5.32 Å². The first-order chi connectivity index (χ1) is 16.5. The largest absolute Gasteiger partial charge is 0.322 e. The molecule has 0 atom stereocenters. The second-order valence-electron chi connectivity index (χ2n) is 7.62. The van der Waals surface area contributed by atoms with Crippen LogP contribution in [0.1, 0.15) is 33.2 Å². The van der Waals surface area contributed by atoms with E-state index in [1.54, 1.807) is 55.5 Å². The third kappa shape index (κ3) is 5.77. The topological polar surface area (TPSA) is 70.6 Å². The van der Waals surface area contributed by atoms with Crippen molar-refractivity contribution in [3.8, 4) is 11.1 Å². The maximum atomic E-state index is 12.5. The lowest BCUT2D eigenvalue weighted by Gasteiger charge is -2.07. The summed E-state index contributed by atoms with van der Waals surface area (Å²) in [5.74, 6) is -0.508. The van der Waals surface area contributed by atoms with Gasteiger partial charge in [0.15, 0.2) is 0 Å². The Bertz CT molecular complexity index is 1320. The molecule has 0 aliphatic heterocycles. The number of hydrazone groups is 1. The number of nitrogens with zero attached hydrogens (tertiary/aromatic N) is 1. The van der Waals surface area contributed by atoms with E-state index >= 15 is 0 Å². The molecule has 0 fully saturated rings. The maximum absolute atomic E-state index is 12.5. The van der Waals surface area contributed by atoms with E-state index in [0.29, 0.717) is 27.5 Å². The highest BCUT2D eigenvalue weighted by molar-refractivity contribution is 6.30. The molecule has 0 heterocycles. The molecule has 0 unspecified atom stereocenters. The molecule has 5 nitrogen and oxygen atoms in total. The Balaban J connectivity index is 1.36. The molecule has 4 aromatic rings. The number of carbonyl (C=O) groups is 2. The highest BCUT2D eigenvalue weighted by Gasteiger charge is 2.08. The van der Waals surface area contributed by atoms with Crippen LogP contribution in [0.15, 0.2) is 108 Å². The Morgan fingerprint density at radius 1 is 0.647 bits per heavy atom. The van der Waals surface area contributed by atoms with E-state index in [9.17, 15) is 9.59 Å². The quantitative estimate of drug-likeness (QED) is 0.254. The summed E-state index contributed by atoms with van der Waals surface area (Å²) in [5, 5.41) is 7.63. The minimum Gasteiger partial charge on any atom is -0.322 e. The average Bonchev–Trinajstić information content (AvgIpc) is 2.88. The van der Waals surface area contributed by atoms with Crippen LogP contribution in [0.4, 0.5) is 5.69 Å². The lowest BCUT2D eigenvalue weighted by Crippen LogP contribution is -2.19. The third-order valence-electron chi connectivity index (χ3n) is 5.25. The van der Waals surface area contributed by atoms with Gasteiger partial charge in [-0.25, -0.2) is 5.43 Å². The van der Waals surface area contributed by atoms with Gasteiger partial charge in [0, 0.05) is 21.8 Å². The molecular formula is C28H22ClN3O2. The first kappa shape index (κ1) is 23.0. The van der Waals surface area contributed by atoms with Gasteiger partial charge in [0.25, 0.3) is 11.8 Å². The van der Waals surface area contributed by atoms with Gasteiger partial charge in [0.1, 0.15) is 0 Å². The molecule has 4 rings (SSSR count). The standard InChI is InChI=1S/C28H22ClN3O2/c1-19(20-13-17-26(18-14-20)30-27(33)23-11-15-25(29)16-12-23)31-32-28(34)24-9-7-22(8-10-24)21-5-3-2-4-6-21/h2-18H,1H3,(H,30,33)(H,32,34)/b31-19-. The summed E-state index contributed by atoms with van der Waals surface area (Å²) in [5.41, 5.74) is 7.90. The van der Waals surface area contributed by atoms with Gasteiger partial charge in [-0.15, -0.1) is 0 Å². The first-order valence-corrected chi connectivity index (χ1v) is 11.0. The van der Waals surface area contributed by atoms with Crippen LogP contribution in [0.3, 0.4) is 0 Å². The molecule has 2 N–H and O–H groups in total. The smallest absolute Gasteiger partial charge is 0.271 e. The Morgan fingerprint density at radius 2 is 1.18 bits per heavy atom. The van der Waals surface area contributed by atoms with Gasteiger partial charge in [0.2, 0.25) is 0 Å². The molecule has 0 spiro atoms. The Kier molecular flexibility index (Phi) is 7.16. The number of benzene rings is 4. The molecule has 2 amide bonds. The van der Waals surface area contributed by atoms with Crippen LogP contribution < -0.4 is 10.7 Å². The molecule has 0 bridgehead atoms. The number of carbonyl (C=O) groups excluding carboxylic acids is 2. The lowest BCUT2D eigenvalue weighted by atomic mass is 10.0. The molecule has 168 valence electrons. The van der Waals surface area contributed by atoms with Crippen molar-refractivity contribution in [1.29, 1.82) is 0 Å². The zero-order valence-electron chi connectivity index (χ0n) is 18.5. The fraction of sp³-hybridized carbons (Fsp3) is 0.0357. The number of rotatable bonds is 6. The molecule has 0 radical (unpaired) electrons. The predicted octanol–water partition coefficient (Wildman–Crippen LogP) is 6.41. The van der Waals surface area contributed by atoms with Crippen LogP contribution in [0, 0.1) is 0 Å². The van der Waals surface area contributed by atoms with Crippen molar-refractivity contribution >= 4 is 34.8 Å². The normalized spacial score (nSPS) is 11.1. The van der Waals surface area contributed by atoms with Crippen molar-refractivity contribution < 1.29 is 9.59 Å². The molecule has 0 saturated heterocycles. The number of halogens is 1. The Labute approximate surface area is 203 Å². The molecular weight excluding hydrogens is 446 g/mol. The number of amides is 2. The van der Waals surface area contributed by atoms with Crippen LogP contribution in [0.5, 0.6) is 0 Å². The van der Waals surface area contributed by atoms with E-state index < -0.39 is 0 Å². The summed E-state index contributed by atoms with van der Waals surface area (Å²) < 4.78 is 0. The molecule has 0 aliphatic rings. The molecule has 34 heavy (non-hydrogen) atoms. The second kappa shape index (κ2) is 10.6. The minimum atomic E-state index is -0.286. The fourth-order valence-electron chi connectivity index (χ4n) is 3.31. The third-order valence-corrected chi connectivity index (χ3v) is 5.50. The van der Waals surface area contributed by atoms with E-state index in [4.69, 9.17) is 11.6 Å². The van der Waals surface area contributed by atoms with Gasteiger partial charge in [-0.2, -0.15) is 5.10 Å². The summed E-state index contributed by atoms with van der Waals surface area (Å²) in [6, 6.07) is 31.3. The molecule has 6 heteroatoms. The van der Waals surface area contributed by atoms with Gasteiger partial charge in [0.05, 0.1) is 5.71 Å². The van der Waals surface area contributed by atoms with E-state index in [-0.39, 0.29) is 11.8 Å². The van der Waals surface area contributed by atoms with Gasteiger partial charge in [-0.05, 0) is 72.1 Å².